The zero-order chi connectivity index (χ0) is 18.9. The number of likely N-dealkylation sites (tertiary alicyclic amines) is 1. The molecule has 1 N–H and O–H groups in total. The van der Waals surface area contributed by atoms with Crippen molar-refractivity contribution >= 4 is 15.7 Å². The molecule has 0 unspecified atom stereocenters. The maximum absolute atomic E-state index is 13.0. The second-order valence-electron chi connectivity index (χ2n) is 7.91. The Hall–Kier alpha value is -2.19. The fraction of sp³-hybridized carbons (Fsp3) is 0.474. The van der Waals surface area contributed by atoms with Crippen LogP contribution in [0.4, 0.5) is 0 Å². The van der Waals surface area contributed by atoms with E-state index < -0.39 is 21.2 Å². The molecule has 2 atom stereocenters. The third-order valence-electron chi connectivity index (χ3n) is 6.19. The summed E-state index contributed by atoms with van der Waals surface area (Å²) in [5, 5.41) is 13.1. The van der Waals surface area contributed by atoms with E-state index in [0.717, 1.165) is 16.7 Å². The van der Waals surface area contributed by atoms with Gasteiger partial charge in [0, 0.05) is 43.7 Å². The number of hydrogen-bond acceptors (Lipinski definition) is 5. The molecule has 2 fully saturated rings. The molecule has 2 aromatic rings. The van der Waals surface area contributed by atoms with Crippen molar-refractivity contribution in [2.24, 2.45) is 13.0 Å². The Morgan fingerprint density at radius 3 is 2.67 bits per heavy atom. The Morgan fingerprint density at radius 1 is 1.22 bits per heavy atom. The molecule has 5 rings (SSSR count). The van der Waals surface area contributed by atoms with Crippen molar-refractivity contribution in [2.45, 2.75) is 35.0 Å². The zero-order valence-corrected chi connectivity index (χ0v) is 15.8. The molecule has 0 radical (unpaired) electrons. The van der Waals surface area contributed by atoms with E-state index in [2.05, 4.69) is 5.10 Å². The number of carbonyl (C=O) groups is 1. The van der Waals surface area contributed by atoms with Gasteiger partial charge in [0.05, 0.1) is 22.4 Å². The summed E-state index contributed by atoms with van der Waals surface area (Å²) in [5.74, 6) is -0.367. The molecule has 1 aromatic heterocycles. The van der Waals surface area contributed by atoms with Crippen LogP contribution in [0, 0.1) is 5.92 Å². The van der Waals surface area contributed by atoms with E-state index in [1.54, 1.807) is 21.8 Å². The first kappa shape index (κ1) is 16.9. The summed E-state index contributed by atoms with van der Waals surface area (Å²) in [6.07, 6.45) is 4.23. The van der Waals surface area contributed by atoms with Gasteiger partial charge in [0.1, 0.15) is 0 Å². The SMILES string of the molecule is Cn1cc(-c2ccc3c(c2)[C@H]2CN(C(=O)C4CC(O)C4)C[C@H]2S3(=O)=O)cn1. The van der Waals surface area contributed by atoms with Gasteiger partial charge in [-0.1, -0.05) is 6.07 Å². The quantitative estimate of drug-likeness (QED) is 0.828. The number of carbonyl (C=O) groups excluding carboxylic acids is 1. The highest BCUT2D eigenvalue weighted by Gasteiger charge is 2.52. The lowest BCUT2D eigenvalue weighted by Gasteiger charge is -2.33. The van der Waals surface area contributed by atoms with E-state index in [-0.39, 0.29) is 24.3 Å². The number of aliphatic hydroxyl groups excluding tert-OH is 1. The number of fused-ring (bicyclic) bond motifs is 3. The lowest BCUT2D eigenvalue weighted by molar-refractivity contribution is -0.141. The first-order valence-corrected chi connectivity index (χ1v) is 10.7. The molecule has 8 heteroatoms. The summed E-state index contributed by atoms with van der Waals surface area (Å²) in [6.45, 7) is 0.675. The van der Waals surface area contributed by atoms with Gasteiger partial charge >= 0.3 is 0 Å². The second-order valence-corrected chi connectivity index (χ2v) is 10.0. The van der Waals surface area contributed by atoms with Crippen LogP contribution in [0.25, 0.3) is 11.1 Å². The maximum Gasteiger partial charge on any atom is 0.225 e. The molecule has 1 amide bonds. The van der Waals surface area contributed by atoms with E-state index in [1.807, 2.05) is 25.4 Å². The van der Waals surface area contributed by atoms with Crippen molar-refractivity contribution in [2.75, 3.05) is 13.1 Å². The molecule has 1 aliphatic carbocycles. The summed E-state index contributed by atoms with van der Waals surface area (Å²) in [7, 11) is -1.59. The van der Waals surface area contributed by atoms with E-state index in [4.69, 9.17) is 0 Å². The number of hydrogen-bond donors (Lipinski definition) is 1. The summed E-state index contributed by atoms with van der Waals surface area (Å²) in [5.41, 5.74) is 2.69. The Bertz CT molecular complexity index is 1040. The molecular formula is C19H21N3O4S. The van der Waals surface area contributed by atoms with Crippen molar-refractivity contribution in [3.05, 3.63) is 36.2 Å². The number of aliphatic hydroxyl groups is 1. The molecule has 2 aliphatic heterocycles. The van der Waals surface area contributed by atoms with Crippen LogP contribution >= 0.6 is 0 Å². The Balaban J connectivity index is 1.48. The van der Waals surface area contributed by atoms with Gasteiger partial charge < -0.3 is 10.0 Å². The van der Waals surface area contributed by atoms with Gasteiger partial charge in [0.25, 0.3) is 0 Å². The molecular weight excluding hydrogens is 366 g/mol. The molecule has 3 aliphatic rings. The summed E-state index contributed by atoms with van der Waals surface area (Å²) in [6, 6.07) is 5.46. The van der Waals surface area contributed by atoms with Gasteiger partial charge in [-0.15, -0.1) is 0 Å². The number of sulfone groups is 1. The minimum atomic E-state index is -3.43. The van der Waals surface area contributed by atoms with Crippen LogP contribution in [0.1, 0.15) is 24.3 Å². The number of rotatable bonds is 2. The van der Waals surface area contributed by atoms with E-state index in [1.165, 1.54) is 0 Å². The third kappa shape index (κ3) is 2.46. The van der Waals surface area contributed by atoms with Gasteiger partial charge in [-0.2, -0.15) is 5.10 Å². The Kier molecular flexibility index (Phi) is 3.55. The number of aromatic nitrogens is 2. The van der Waals surface area contributed by atoms with Crippen molar-refractivity contribution < 1.29 is 18.3 Å². The normalized spacial score (nSPS) is 30.7. The van der Waals surface area contributed by atoms with Crippen LogP contribution in [0.5, 0.6) is 0 Å². The Morgan fingerprint density at radius 2 is 2.00 bits per heavy atom. The van der Waals surface area contributed by atoms with Crippen molar-refractivity contribution in [1.82, 2.24) is 14.7 Å². The predicted octanol–water partition coefficient (Wildman–Crippen LogP) is 0.940. The molecule has 1 saturated carbocycles. The molecule has 27 heavy (non-hydrogen) atoms. The van der Waals surface area contributed by atoms with E-state index >= 15 is 0 Å². The minimum Gasteiger partial charge on any atom is -0.393 e. The highest BCUT2D eigenvalue weighted by Crippen LogP contribution is 2.46. The van der Waals surface area contributed by atoms with Crippen LogP contribution in [-0.4, -0.2) is 58.6 Å². The lowest BCUT2D eigenvalue weighted by atomic mass is 9.81. The fourth-order valence-electron chi connectivity index (χ4n) is 4.62. The average molecular weight is 387 g/mol. The van der Waals surface area contributed by atoms with Gasteiger partial charge in [-0.3, -0.25) is 9.48 Å². The first-order chi connectivity index (χ1) is 12.8. The first-order valence-electron chi connectivity index (χ1n) is 9.18. The number of amides is 1. The number of benzene rings is 1. The van der Waals surface area contributed by atoms with Gasteiger partial charge in [-0.05, 0) is 36.1 Å². The van der Waals surface area contributed by atoms with Crippen LogP contribution in [-0.2, 0) is 21.7 Å². The minimum absolute atomic E-state index is 0.0186. The van der Waals surface area contributed by atoms with Gasteiger partial charge in [0.15, 0.2) is 9.84 Å². The smallest absolute Gasteiger partial charge is 0.225 e. The summed E-state index contributed by atoms with van der Waals surface area (Å²) < 4.78 is 27.7. The van der Waals surface area contributed by atoms with Gasteiger partial charge in [-0.25, -0.2) is 8.42 Å². The van der Waals surface area contributed by atoms with Crippen LogP contribution in [0.3, 0.4) is 0 Å². The zero-order valence-electron chi connectivity index (χ0n) is 14.9. The van der Waals surface area contributed by atoms with Crippen molar-refractivity contribution in [1.29, 1.82) is 0 Å². The topological polar surface area (TPSA) is 92.5 Å². The molecule has 1 aromatic carbocycles. The standard InChI is InChI=1S/C19H21N3O4S/c1-21-8-13(7-20-21)11-2-3-17-15(6-11)16-9-22(10-18(16)27(17,25)26)19(24)12-4-14(23)5-12/h2-3,6-8,12,14,16,18,23H,4-5,9-10H2,1H3/t12?,14?,16-,18-/m1/s1. The second kappa shape index (κ2) is 5.65. The summed E-state index contributed by atoms with van der Waals surface area (Å²) in [4.78, 5) is 14.7. The van der Waals surface area contributed by atoms with Crippen LogP contribution in [0.2, 0.25) is 0 Å². The molecule has 142 valence electrons. The number of nitrogens with zero attached hydrogens (tertiary/aromatic N) is 3. The average Bonchev–Trinajstić information content (AvgIpc) is 3.28. The lowest BCUT2D eigenvalue weighted by Crippen LogP contribution is -2.43. The van der Waals surface area contributed by atoms with Crippen LogP contribution in [0.15, 0.2) is 35.5 Å². The van der Waals surface area contributed by atoms with Gasteiger partial charge in [0.2, 0.25) is 5.91 Å². The highest BCUT2D eigenvalue weighted by atomic mass is 32.2. The number of aryl methyl sites for hydroxylation is 1. The predicted molar refractivity (Wildman–Crippen MR) is 97.7 cm³/mol. The largest absolute Gasteiger partial charge is 0.393 e. The molecule has 0 bridgehead atoms. The van der Waals surface area contributed by atoms with E-state index in [9.17, 15) is 18.3 Å². The highest BCUT2D eigenvalue weighted by molar-refractivity contribution is 7.92. The molecule has 1 saturated heterocycles. The van der Waals surface area contributed by atoms with Crippen LogP contribution < -0.4 is 0 Å². The molecule has 3 heterocycles. The van der Waals surface area contributed by atoms with Crippen molar-refractivity contribution in [3.8, 4) is 11.1 Å². The monoisotopic (exact) mass is 387 g/mol. The summed E-state index contributed by atoms with van der Waals surface area (Å²) >= 11 is 0. The van der Waals surface area contributed by atoms with E-state index in [0.29, 0.717) is 24.3 Å². The Labute approximate surface area is 157 Å². The molecule has 0 spiro atoms. The fourth-order valence-corrected chi connectivity index (χ4v) is 6.79. The third-order valence-corrected chi connectivity index (χ3v) is 8.45. The van der Waals surface area contributed by atoms with Crippen molar-refractivity contribution in [3.63, 3.8) is 0 Å². The maximum atomic E-state index is 13.0. The molecule has 7 nitrogen and oxygen atoms in total.